The average Bonchev–Trinajstić information content (AvgIpc) is 3.32. The number of aryl methyl sites for hydroxylation is 1. The highest BCUT2D eigenvalue weighted by Crippen LogP contribution is 2.14. The summed E-state index contributed by atoms with van der Waals surface area (Å²) < 4.78 is 38.3. The smallest absolute Gasteiger partial charge is 0.251 e. The van der Waals surface area contributed by atoms with Crippen molar-refractivity contribution < 1.29 is 22.4 Å². The first-order valence-corrected chi connectivity index (χ1v) is 10.5. The number of benzene rings is 1. The lowest BCUT2D eigenvalue weighted by Crippen LogP contribution is -2.32. The summed E-state index contributed by atoms with van der Waals surface area (Å²) >= 11 is 0. The SMILES string of the molecule is Cc1ccc(CCNC(=O)c2cccc(S(=O)(=O)NC[C@H]3CCCO3)c2)o1. The van der Waals surface area contributed by atoms with Gasteiger partial charge >= 0.3 is 0 Å². The van der Waals surface area contributed by atoms with Gasteiger partial charge in [0.25, 0.3) is 5.91 Å². The Morgan fingerprint density at radius 1 is 1.26 bits per heavy atom. The van der Waals surface area contributed by atoms with Crippen LogP contribution in [-0.2, 0) is 21.2 Å². The van der Waals surface area contributed by atoms with Crippen LogP contribution in [0.5, 0.6) is 0 Å². The van der Waals surface area contributed by atoms with Crippen molar-refractivity contribution in [1.29, 1.82) is 0 Å². The van der Waals surface area contributed by atoms with E-state index in [0.717, 1.165) is 24.4 Å². The number of hydrogen-bond donors (Lipinski definition) is 2. The van der Waals surface area contributed by atoms with E-state index in [2.05, 4.69) is 10.0 Å². The lowest BCUT2D eigenvalue weighted by molar-refractivity contribution is 0.0953. The number of amides is 1. The van der Waals surface area contributed by atoms with Gasteiger partial charge in [-0.15, -0.1) is 0 Å². The van der Waals surface area contributed by atoms with Crippen molar-refractivity contribution in [1.82, 2.24) is 10.0 Å². The summed E-state index contributed by atoms with van der Waals surface area (Å²) in [5, 5.41) is 2.78. The molecule has 2 aromatic rings. The van der Waals surface area contributed by atoms with Crippen LogP contribution in [0.25, 0.3) is 0 Å². The third-order valence-electron chi connectivity index (χ3n) is 4.38. The van der Waals surface area contributed by atoms with Gasteiger partial charge in [0.1, 0.15) is 11.5 Å². The van der Waals surface area contributed by atoms with Crippen LogP contribution in [0.1, 0.15) is 34.7 Å². The summed E-state index contributed by atoms with van der Waals surface area (Å²) in [7, 11) is -3.69. The first-order chi connectivity index (χ1) is 12.9. The predicted octanol–water partition coefficient (Wildman–Crippen LogP) is 2.02. The highest BCUT2D eigenvalue weighted by Gasteiger charge is 2.21. The third kappa shape index (κ3) is 5.41. The van der Waals surface area contributed by atoms with Gasteiger partial charge in [-0.1, -0.05) is 6.07 Å². The Labute approximate surface area is 159 Å². The minimum absolute atomic E-state index is 0.0646. The summed E-state index contributed by atoms with van der Waals surface area (Å²) in [5.41, 5.74) is 0.297. The molecule has 1 aromatic heterocycles. The molecule has 0 aliphatic carbocycles. The summed E-state index contributed by atoms with van der Waals surface area (Å²) in [5.74, 6) is 1.29. The van der Waals surface area contributed by atoms with E-state index in [1.807, 2.05) is 19.1 Å². The fourth-order valence-corrected chi connectivity index (χ4v) is 4.03. The Morgan fingerprint density at radius 2 is 2.11 bits per heavy atom. The van der Waals surface area contributed by atoms with Crippen molar-refractivity contribution in [3.63, 3.8) is 0 Å². The second kappa shape index (κ2) is 8.69. The lowest BCUT2D eigenvalue weighted by atomic mass is 10.2. The molecule has 0 radical (unpaired) electrons. The van der Waals surface area contributed by atoms with Crippen LogP contribution >= 0.6 is 0 Å². The molecule has 1 aliphatic heterocycles. The van der Waals surface area contributed by atoms with Gasteiger partial charge in [0, 0.05) is 31.7 Å². The molecule has 2 N–H and O–H groups in total. The molecule has 1 aliphatic rings. The molecule has 7 nitrogen and oxygen atoms in total. The Bertz CT molecular complexity index is 885. The van der Waals surface area contributed by atoms with Crippen molar-refractivity contribution in [2.45, 2.75) is 37.2 Å². The first kappa shape index (κ1) is 19.6. The van der Waals surface area contributed by atoms with Gasteiger partial charge in [-0.25, -0.2) is 13.1 Å². The zero-order valence-electron chi connectivity index (χ0n) is 15.2. The van der Waals surface area contributed by atoms with Crippen LogP contribution < -0.4 is 10.0 Å². The van der Waals surface area contributed by atoms with Crippen molar-refractivity contribution in [3.05, 3.63) is 53.5 Å². The molecule has 1 amide bonds. The van der Waals surface area contributed by atoms with Crippen LogP contribution in [0.15, 0.2) is 45.7 Å². The maximum Gasteiger partial charge on any atom is 0.251 e. The number of ether oxygens (including phenoxy) is 1. The standard InChI is InChI=1S/C19H24N2O5S/c1-14-7-8-16(26-14)9-10-20-19(22)15-4-2-6-18(12-15)27(23,24)21-13-17-5-3-11-25-17/h2,4,6-8,12,17,21H,3,5,9-11,13H2,1H3,(H,20,22)/t17-/m1/s1. The first-order valence-electron chi connectivity index (χ1n) is 8.99. The van der Waals surface area contributed by atoms with Crippen LogP contribution in [0, 0.1) is 6.92 Å². The number of carbonyl (C=O) groups is 1. The van der Waals surface area contributed by atoms with Gasteiger partial charge < -0.3 is 14.5 Å². The van der Waals surface area contributed by atoms with Crippen molar-refractivity contribution >= 4 is 15.9 Å². The molecule has 0 saturated carbocycles. The number of rotatable bonds is 8. The lowest BCUT2D eigenvalue weighted by Gasteiger charge is -2.12. The summed E-state index contributed by atoms with van der Waals surface area (Å²) in [6, 6.07) is 9.74. The topological polar surface area (TPSA) is 97.6 Å². The molecule has 1 atom stereocenters. The molecule has 0 bridgehead atoms. The fourth-order valence-electron chi connectivity index (χ4n) is 2.92. The Hall–Kier alpha value is -2.16. The number of carbonyl (C=O) groups excluding carboxylic acids is 1. The van der Waals surface area contributed by atoms with Gasteiger partial charge in [-0.05, 0) is 50.1 Å². The van der Waals surface area contributed by atoms with Crippen LogP contribution in [0.3, 0.4) is 0 Å². The molecule has 27 heavy (non-hydrogen) atoms. The minimum atomic E-state index is -3.69. The maximum absolute atomic E-state index is 12.5. The summed E-state index contributed by atoms with van der Waals surface area (Å²) in [6.07, 6.45) is 2.27. The number of furan rings is 1. The number of nitrogens with one attached hydrogen (secondary N) is 2. The molecule has 1 fully saturated rings. The average molecular weight is 392 g/mol. The zero-order chi connectivity index (χ0) is 19.3. The minimum Gasteiger partial charge on any atom is -0.466 e. The molecule has 0 unspecified atom stereocenters. The van der Waals surface area contributed by atoms with E-state index in [1.165, 1.54) is 12.1 Å². The van der Waals surface area contributed by atoms with E-state index in [9.17, 15) is 13.2 Å². The van der Waals surface area contributed by atoms with Crippen molar-refractivity contribution in [2.24, 2.45) is 0 Å². The van der Waals surface area contributed by atoms with E-state index in [0.29, 0.717) is 25.1 Å². The molecule has 146 valence electrons. The van der Waals surface area contributed by atoms with E-state index in [4.69, 9.17) is 9.15 Å². The fraction of sp³-hybridized carbons (Fsp3) is 0.421. The summed E-state index contributed by atoms with van der Waals surface area (Å²) in [6.45, 7) is 3.17. The molecule has 2 heterocycles. The van der Waals surface area contributed by atoms with Gasteiger partial charge in [-0.2, -0.15) is 0 Å². The Morgan fingerprint density at radius 3 is 2.81 bits per heavy atom. The Balaban J connectivity index is 1.57. The molecule has 0 spiro atoms. The normalized spacial score (nSPS) is 17.1. The Kier molecular flexibility index (Phi) is 6.30. The highest BCUT2D eigenvalue weighted by molar-refractivity contribution is 7.89. The van der Waals surface area contributed by atoms with Gasteiger partial charge in [0.2, 0.25) is 10.0 Å². The van der Waals surface area contributed by atoms with Crippen LogP contribution in [-0.4, -0.2) is 40.1 Å². The third-order valence-corrected chi connectivity index (χ3v) is 5.81. The largest absolute Gasteiger partial charge is 0.466 e. The highest BCUT2D eigenvalue weighted by atomic mass is 32.2. The van der Waals surface area contributed by atoms with E-state index in [-0.39, 0.29) is 23.5 Å². The molecule has 3 rings (SSSR count). The maximum atomic E-state index is 12.5. The van der Waals surface area contributed by atoms with Gasteiger partial charge in [0.05, 0.1) is 11.0 Å². The molecule has 8 heteroatoms. The number of hydrogen-bond acceptors (Lipinski definition) is 5. The molecule has 1 aromatic carbocycles. The van der Waals surface area contributed by atoms with Gasteiger partial charge in [-0.3, -0.25) is 4.79 Å². The van der Waals surface area contributed by atoms with E-state index in [1.54, 1.807) is 12.1 Å². The van der Waals surface area contributed by atoms with Crippen molar-refractivity contribution in [2.75, 3.05) is 19.7 Å². The zero-order valence-corrected chi connectivity index (χ0v) is 16.1. The second-order valence-electron chi connectivity index (χ2n) is 6.53. The quantitative estimate of drug-likeness (QED) is 0.716. The van der Waals surface area contributed by atoms with E-state index < -0.39 is 10.0 Å². The van der Waals surface area contributed by atoms with Crippen molar-refractivity contribution in [3.8, 4) is 0 Å². The van der Waals surface area contributed by atoms with Crippen LogP contribution in [0.2, 0.25) is 0 Å². The molecular formula is C19H24N2O5S. The van der Waals surface area contributed by atoms with Gasteiger partial charge in [0.15, 0.2) is 0 Å². The molecule has 1 saturated heterocycles. The second-order valence-corrected chi connectivity index (χ2v) is 8.30. The number of sulfonamides is 1. The van der Waals surface area contributed by atoms with E-state index >= 15 is 0 Å². The molecular weight excluding hydrogens is 368 g/mol. The monoisotopic (exact) mass is 392 g/mol. The van der Waals surface area contributed by atoms with Crippen LogP contribution in [0.4, 0.5) is 0 Å². The summed E-state index contributed by atoms with van der Waals surface area (Å²) in [4.78, 5) is 12.4. The predicted molar refractivity (Wildman–Crippen MR) is 100 cm³/mol.